The molecule has 0 bridgehead atoms. The minimum Gasteiger partial charge on any atom is -0.374 e. The average molecular weight is 359 g/mol. The van der Waals surface area contributed by atoms with Crippen LogP contribution in [-0.2, 0) is 11.8 Å². The van der Waals surface area contributed by atoms with Crippen molar-refractivity contribution in [2.45, 2.75) is 45.4 Å². The first-order chi connectivity index (χ1) is 10.0. The second-order valence-electron chi connectivity index (χ2n) is 5.93. The van der Waals surface area contributed by atoms with Gasteiger partial charge in [0.05, 0.1) is 35.1 Å². The Labute approximate surface area is 136 Å². The molecule has 6 heteroatoms. The molecule has 2 atom stereocenters. The van der Waals surface area contributed by atoms with E-state index in [0.717, 1.165) is 37.1 Å². The summed E-state index contributed by atoms with van der Waals surface area (Å²) < 4.78 is 9.07. The number of hydrogen-bond donors (Lipinski definition) is 1. The van der Waals surface area contributed by atoms with Crippen LogP contribution in [0.3, 0.4) is 0 Å². The maximum Gasteiger partial charge on any atom is 0.0912 e. The molecular formula is C15H27BrN4O. The lowest BCUT2D eigenvalue weighted by atomic mass is 10.0. The fourth-order valence-electron chi connectivity index (χ4n) is 2.84. The lowest BCUT2D eigenvalue weighted by Crippen LogP contribution is -2.50. The SMILES string of the molecule is CCCNC(c1c(Br)cnn1C)C1CN(C(C)C)CCO1. The van der Waals surface area contributed by atoms with Crippen LogP contribution in [0.4, 0.5) is 0 Å². The Balaban J connectivity index is 2.19. The third-order valence-corrected chi connectivity index (χ3v) is 4.68. The zero-order valence-corrected chi connectivity index (χ0v) is 15.1. The van der Waals surface area contributed by atoms with E-state index < -0.39 is 0 Å². The van der Waals surface area contributed by atoms with Gasteiger partial charge < -0.3 is 10.1 Å². The monoisotopic (exact) mass is 358 g/mol. The number of aryl methyl sites for hydroxylation is 1. The van der Waals surface area contributed by atoms with Gasteiger partial charge in [0.1, 0.15) is 0 Å². The number of ether oxygens (including phenoxy) is 1. The molecule has 0 aromatic carbocycles. The van der Waals surface area contributed by atoms with Crippen molar-refractivity contribution in [3.63, 3.8) is 0 Å². The Morgan fingerprint density at radius 3 is 2.86 bits per heavy atom. The van der Waals surface area contributed by atoms with E-state index in [-0.39, 0.29) is 12.1 Å². The Morgan fingerprint density at radius 1 is 1.52 bits per heavy atom. The van der Waals surface area contributed by atoms with Crippen molar-refractivity contribution in [2.75, 3.05) is 26.2 Å². The Hall–Kier alpha value is -0.430. The van der Waals surface area contributed by atoms with E-state index in [0.29, 0.717) is 6.04 Å². The van der Waals surface area contributed by atoms with E-state index in [1.54, 1.807) is 0 Å². The molecule has 1 fully saturated rings. The number of nitrogens with one attached hydrogen (secondary N) is 1. The average Bonchev–Trinajstić information content (AvgIpc) is 2.80. The highest BCUT2D eigenvalue weighted by atomic mass is 79.9. The molecular weight excluding hydrogens is 332 g/mol. The highest BCUT2D eigenvalue weighted by Crippen LogP contribution is 2.28. The van der Waals surface area contributed by atoms with E-state index in [4.69, 9.17) is 4.74 Å². The molecule has 5 nitrogen and oxygen atoms in total. The summed E-state index contributed by atoms with van der Waals surface area (Å²) in [6, 6.07) is 0.714. The minimum atomic E-state index is 0.152. The van der Waals surface area contributed by atoms with Crippen LogP contribution in [0.25, 0.3) is 0 Å². The molecule has 1 aliphatic rings. The molecule has 0 spiro atoms. The van der Waals surface area contributed by atoms with E-state index in [9.17, 15) is 0 Å². The molecule has 1 saturated heterocycles. The summed E-state index contributed by atoms with van der Waals surface area (Å²) in [5.41, 5.74) is 1.17. The molecule has 1 aromatic heterocycles. The summed E-state index contributed by atoms with van der Waals surface area (Å²) in [6.45, 7) is 10.4. The number of halogens is 1. The van der Waals surface area contributed by atoms with Crippen LogP contribution in [0.5, 0.6) is 0 Å². The maximum absolute atomic E-state index is 6.09. The summed E-state index contributed by atoms with van der Waals surface area (Å²) in [7, 11) is 1.99. The number of hydrogen-bond acceptors (Lipinski definition) is 4. The summed E-state index contributed by atoms with van der Waals surface area (Å²) >= 11 is 3.63. The van der Waals surface area contributed by atoms with Gasteiger partial charge in [-0.2, -0.15) is 5.10 Å². The smallest absolute Gasteiger partial charge is 0.0912 e. The highest BCUT2D eigenvalue weighted by Gasteiger charge is 2.32. The van der Waals surface area contributed by atoms with E-state index in [2.05, 4.69) is 52.0 Å². The van der Waals surface area contributed by atoms with Crippen LogP contribution in [0.2, 0.25) is 0 Å². The lowest BCUT2D eigenvalue weighted by Gasteiger charge is -2.39. The number of morpholine rings is 1. The Kier molecular flexibility index (Phi) is 6.22. The van der Waals surface area contributed by atoms with Gasteiger partial charge in [0.15, 0.2) is 0 Å². The minimum absolute atomic E-state index is 0.152. The molecule has 0 aliphatic carbocycles. The quantitative estimate of drug-likeness (QED) is 0.847. The number of rotatable bonds is 6. The van der Waals surface area contributed by atoms with Crippen molar-refractivity contribution in [3.05, 3.63) is 16.4 Å². The van der Waals surface area contributed by atoms with Crippen molar-refractivity contribution in [2.24, 2.45) is 7.05 Å². The van der Waals surface area contributed by atoms with Crippen molar-refractivity contribution >= 4 is 15.9 Å². The third kappa shape index (κ3) is 4.06. The fourth-order valence-corrected chi connectivity index (χ4v) is 3.44. The Morgan fingerprint density at radius 2 is 2.29 bits per heavy atom. The number of nitrogens with zero attached hydrogens (tertiary/aromatic N) is 3. The molecule has 1 N–H and O–H groups in total. The van der Waals surface area contributed by atoms with Crippen LogP contribution in [0.15, 0.2) is 10.7 Å². The predicted molar refractivity (Wildman–Crippen MR) is 88.4 cm³/mol. The highest BCUT2D eigenvalue weighted by molar-refractivity contribution is 9.10. The van der Waals surface area contributed by atoms with Gasteiger partial charge in [0.25, 0.3) is 0 Å². The molecule has 2 rings (SSSR count). The topological polar surface area (TPSA) is 42.3 Å². The van der Waals surface area contributed by atoms with Gasteiger partial charge in [-0.25, -0.2) is 0 Å². The van der Waals surface area contributed by atoms with E-state index in [1.165, 1.54) is 5.69 Å². The molecule has 21 heavy (non-hydrogen) atoms. The summed E-state index contributed by atoms with van der Waals surface area (Å²) in [5.74, 6) is 0. The fraction of sp³-hybridized carbons (Fsp3) is 0.800. The second kappa shape index (κ2) is 7.72. The largest absolute Gasteiger partial charge is 0.374 e. The van der Waals surface area contributed by atoms with Gasteiger partial charge in [-0.3, -0.25) is 9.58 Å². The third-order valence-electron chi connectivity index (χ3n) is 4.07. The second-order valence-corrected chi connectivity index (χ2v) is 6.79. The van der Waals surface area contributed by atoms with Crippen molar-refractivity contribution < 1.29 is 4.74 Å². The zero-order chi connectivity index (χ0) is 15.4. The lowest BCUT2D eigenvalue weighted by molar-refractivity contribution is -0.0573. The van der Waals surface area contributed by atoms with Gasteiger partial charge in [-0.1, -0.05) is 6.92 Å². The Bertz CT molecular complexity index is 429. The van der Waals surface area contributed by atoms with Gasteiger partial charge in [0, 0.05) is 26.2 Å². The molecule has 0 saturated carbocycles. The van der Waals surface area contributed by atoms with Crippen molar-refractivity contribution in [1.29, 1.82) is 0 Å². The van der Waals surface area contributed by atoms with Gasteiger partial charge in [-0.15, -0.1) is 0 Å². The first kappa shape index (κ1) is 16.9. The van der Waals surface area contributed by atoms with Crippen molar-refractivity contribution in [3.8, 4) is 0 Å². The van der Waals surface area contributed by atoms with Gasteiger partial charge >= 0.3 is 0 Å². The maximum atomic E-state index is 6.09. The van der Waals surface area contributed by atoms with Crippen molar-refractivity contribution in [1.82, 2.24) is 20.0 Å². The van der Waals surface area contributed by atoms with E-state index >= 15 is 0 Å². The van der Waals surface area contributed by atoms with Crippen LogP contribution < -0.4 is 5.32 Å². The summed E-state index contributed by atoms with van der Waals surface area (Å²) in [6.07, 6.45) is 3.12. The van der Waals surface area contributed by atoms with Crippen LogP contribution in [0.1, 0.15) is 38.9 Å². The van der Waals surface area contributed by atoms with Gasteiger partial charge in [-0.05, 0) is 42.7 Å². The summed E-state index contributed by atoms with van der Waals surface area (Å²) in [4.78, 5) is 2.49. The molecule has 120 valence electrons. The molecule has 0 radical (unpaired) electrons. The predicted octanol–water partition coefficient (Wildman–Crippen LogP) is 2.33. The normalized spacial score (nSPS) is 21.9. The first-order valence-electron chi connectivity index (χ1n) is 7.81. The molecule has 1 aliphatic heterocycles. The standard InChI is InChI=1S/C15H27BrN4O/c1-5-6-17-14(15-12(16)9-18-19(15)4)13-10-20(11(2)3)7-8-21-13/h9,11,13-14,17H,5-8,10H2,1-4H3. The zero-order valence-electron chi connectivity index (χ0n) is 13.5. The summed E-state index contributed by atoms with van der Waals surface area (Å²) in [5, 5.41) is 7.99. The van der Waals surface area contributed by atoms with E-state index in [1.807, 2.05) is 17.9 Å². The molecule has 2 unspecified atom stereocenters. The molecule has 2 heterocycles. The first-order valence-corrected chi connectivity index (χ1v) is 8.60. The van der Waals surface area contributed by atoms with Crippen LogP contribution in [-0.4, -0.2) is 53.1 Å². The number of aromatic nitrogens is 2. The van der Waals surface area contributed by atoms with Crippen LogP contribution >= 0.6 is 15.9 Å². The van der Waals surface area contributed by atoms with Crippen LogP contribution in [0, 0.1) is 0 Å². The molecule has 0 amide bonds. The van der Waals surface area contributed by atoms with Gasteiger partial charge in [0.2, 0.25) is 0 Å². The molecule has 1 aromatic rings.